The van der Waals surface area contributed by atoms with Gasteiger partial charge in [-0.1, -0.05) is 12.1 Å². The molecule has 32 heavy (non-hydrogen) atoms. The summed E-state index contributed by atoms with van der Waals surface area (Å²) in [5.74, 6) is -0.658. The van der Waals surface area contributed by atoms with Crippen molar-refractivity contribution in [3.05, 3.63) is 84.3 Å². The van der Waals surface area contributed by atoms with E-state index in [1.54, 1.807) is 12.1 Å². The Hall–Kier alpha value is -3.82. The lowest BCUT2D eigenvalue weighted by molar-refractivity contribution is -0.140. The SMILES string of the molecule is Fc1ccc(CNc2nccc(-c3c(-c4ccc(F)cc4)ncn3CC(F)(F)F)n2)cc1. The second kappa shape index (κ2) is 8.74. The molecule has 0 saturated carbocycles. The fraction of sp³-hybridized carbons (Fsp3) is 0.136. The summed E-state index contributed by atoms with van der Waals surface area (Å²) in [6, 6.07) is 12.6. The quantitative estimate of drug-likeness (QED) is 0.401. The van der Waals surface area contributed by atoms with Crippen LogP contribution in [0.1, 0.15) is 5.56 Å². The first kappa shape index (κ1) is 21.4. The maximum Gasteiger partial charge on any atom is 0.406 e. The molecule has 0 saturated heterocycles. The highest BCUT2D eigenvalue weighted by molar-refractivity contribution is 5.77. The Labute approximate surface area is 179 Å². The predicted octanol–water partition coefficient (Wildman–Crippen LogP) is 5.46. The average molecular weight is 445 g/mol. The van der Waals surface area contributed by atoms with Crippen LogP contribution in [0.25, 0.3) is 22.6 Å². The summed E-state index contributed by atoms with van der Waals surface area (Å²) in [5, 5.41) is 2.97. The van der Waals surface area contributed by atoms with Gasteiger partial charge in [0.2, 0.25) is 5.95 Å². The highest BCUT2D eigenvalue weighted by Gasteiger charge is 2.30. The van der Waals surface area contributed by atoms with Crippen molar-refractivity contribution in [1.82, 2.24) is 19.5 Å². The predicted molar refractivity (Wildman–Crippen MR) is 108 cm³/mol. The van der Waals surface area contributed by atoms with Crippen molar-refractivity contribution < 1.29 is 22.0 Å². The number of aromatic nitrogens is 4. The van der Waals surface area contributed by atoms with Crippen molar-refractivity contribution in [3.8, 4) is 22.6 Å². The maximum absolute atomic E-state index is 13.3. The molecule has 0 spiro atoms. The first-order chi connectivity index (χ1) is 15.3. The van der Waals surface area contributed by atoms with Gasteiger partial charge in [-0.3, -0.25) is 0 Å². The van der Waals surface area contributed by atoms with Crippen LogP contribution in [0.4, 0.5) is 27.9 Å². The van der Waals surface area contributed by atoms with E-state index in [1.165, 1.54) is 48.7 Å². The minimum atomic E-state index is -4.48. The Bertz CT molecular complexity index is 1200. The number of imidazole rings is 1. The molecule has 2 aromatic carbocycles. The van der Waals surface area contributed by atoms with Gasteiger partial charge in [-0.2, -0.15) is 13.2 Å². The fourth-order valence-electron chi connectivity index (χ4n) is 3.14. The van der Waals surface area contributed by atoms with Gasteiger partial charge >= 0.3 is 6.18 Å². The summed E-state index contributed by atoms with van der Waals surface area (Å²) in [7, 11) is 0. The highest BCUT2D eigenvalue weighted by Crippen LogP contribution is 2.32. The number of alkyl halides is 3. The molecule has 4 aromatic rings. The van der Waals surface area contributed by atoms with Crippen LogP contribution in [0.15, 0.2) is 67.1 Å². The molecule has 5 nitrogen and oxygen atoms in total. The lowest BCUT2D eigenvalue weighted by atomic mass is 10.1. The number of nitrogens with zero attached hydrogens (tertiary/aromatic N) is 4. The summed E-state index contributed by atoms with van der Waals surface area (Å²) in [5.41, 5.74) is 1.79. The van der Waals surface area contributed by atoms with E-state index in [1.807, 2.05) is 0 Å². The molecule has 1 N–H and O–H groups in total. The van der Waals surface area contributed by atoms with Gasteiger partial charge in [-0.05, 0) is 48.0 Å². The largest absolute Gasteiger partial charge is 0.406 e. The molecule has 4 rings (SSSR count). The lowest BCUT2D eigenvalue weighted by Gasteiger charge is -2.13. The number of rotatable bonds is 6. The van der Waals surface area contributed by atoms with Crippen LogP contribution in [0.5, 0.6) is 0 Å². The van der Waals surface area contributed by atoms with Crippen LogP contribution in [0, 0.1) is 11.6 Å². The monoisotopic (exact) mass is 445 g/mol. The molecule has 0 atom stereocenters. The third-order valence-electron chi connectivity index (χ3n) is 4.57. The number of anilines is 1. The summed E-state index contributed by atoms with van der Waals surface area (Å²) in [4.78, 5) is 12.6. The van der Waals surface area contributed by atoms with E-state index in [0.717, 1.165) is 16.5 Å². The average Bonchev–Trinajstić information content (AvgIpc) is 3.16. The fourth-order valence-corrected chi connectivity index (χ4v) is 3.14. The van der Waals surface area contributed by atoms with Gasteiger partial charge in [0.25, 0.3) is 0 Å². The third kappa shape index (κ3) is 5.08. The van der Waals surface area contributed by atoms with E-state index >= 15 is 0 Å². The number of hydrogen-bond donors (Lipinski definition) is 1. The smallest absolute Gasteiger partial charge is 0.350 e. The standard InChI is InChI=1S/C22H16F5N5/c23-16-5-1-14(2-6-16)11-29-21-28-10-9-18(31-21)20-19(15-3-7-17(24)8-4-15)30-13-32(20)12-22(25,26)27/h1-10,13H,11-12H2,(H,28,29,31). The van der Waals surface area contributed by atoms with Crippen LogP contribution >= 0.6 is 0 Å². The lowest BCUT2D eigenvalue weighted by Crippen LogP contribution is -2.18. The number of hydrogen-bond acceptors (Lipinski definition) is 4. The molecule has 2 aromatic heterocycles. The van der Waals surface area contributed by atoms with Crippen LogP contribution in [0.2, 0.25) is 0 Å². The number of nitrogens with one attached hydrogen (secondary N) is 1. The molecule has 0 fully saturated rings. The molecule has 0 amide bonds. The summed E-state index contributed by atoms with van der Waals surface area (Å²) in [6.07, 6.45) is -1.99. The van der Waals surface area contributed by atoms with Crippen molar-refractivity contribution in [2.75, 3.05) is 5.32 Å². The Morgan fingerprint density at radius 1 is 0.844 bits per heavy atom. The van der Waals surface area contributed by atoms with Gasteiger partial charge in [-0.25, -0.2) is 23.7 Å². The van der Waals surface area contributed by atoms with Gasteiger partial charge in [0.15, 0.2) is 0 Å². The molecule has 0 aliphatic heterocycles. The Morgan fingerprint density at radius 3 is 2.16 bits per heavy atom. The van der Waals surface area contributed by atoms with Crippen LogP contribution in [0.3, 0.4) is 0 Å². The topological polar surface area (TPSA) is 55.6 Å². The van der Waals surface area contributed by atoms with Gasteiger partial charge in [0.1, 0.15) is 18.2 Å². The van der Waals surface area contributed by atoms with E-state index in [4.69, 9.17) is 0 Å². The summed E-state index contributed by atoms with van der Waals surface area (Å²) in [6.45, 7) is -0.977. The first-order valence-corrected chi connectivity index (χ1v) is 9.48. The van der Waals surface area contributed by atoms with E-state index in [0.29, 0.717) is 5.56 Å². The second-order valence-corrected chi connectivity index (χ2v) is 6.94. The van der Waals surface area contributed by atoms with Crippen molar-refractivity contribution in [3.63, 3.8) is 0 Å². The Balaban J connectivity index is 1.69. The zero-order valence-electron chi connectivity index (χ0n) is 16.4. The molecule has 0 aliphatic carbocycles. The van der Waals surface area contributed by atoms with E-state index in [2.05, 4.69) is 20.3 Å². The van der Waals surface area contributed by atoms with Crippen molar-refractivity contribution in [1.29, 1.82) is 0 Å². The second-order valence-electron chi connectivity index (χ2n) is 6.94. The van der Waals surface area contributed by atoms with E-state index in [9.17, 15) is 22.0 Å². The van der Waals surface area contributed by atoms with Gasteiger partial charge in [-0.15, -0.1) is 0 Å². The molecule has 0 aliphatic rings. The van der Waals surface area contributed by atoms with Crippen molar-refractivity contribution in [2.24, 2.45) is 0 Å². The molecule has 10 heteroatoms. The first-order valence-electron chi connectivity index (χ1n) is 9.48. The zero-order chi connectivity index (χ0) is 22.7. The zero-order valence-corrected chi connectivity index (χ0v) is 16.4. The van der Waals surface area contributed by atoms with Crippen molar-refractivity contribution >= 4 is 5.95 Å². The molecular weight excluding hydrogens is 429 g/mol. The van der Waals surface area contributed by atoms with E-state index < -0.39 is 18.5 Å². The molecule has 2 heterocycles. The summed E-state index contributed by atoms with van der Waals surface area (Å²) >= 11 is 0. The van der Waals surface area contributed by atoms with Crippen molar-refractivity contribution in [2.45, 2.75) is 19.3 Å². The number of benzene rings is 2. The molecule has 0 bridgehead atoms. The maximum atomic E-state index is 13.3. The van der Waals surface area contributed by atoms with Gasteiger partial charge in [0, 0.05) is 18.3 Å². The van der Waals surface area contributed by atoms with Crippen LogP contribution < -0.4 is 5.32 Å². The minimum Gasteiger partial charge on any atom is -0.350 e. The third-order valence-corrected chi connectivity index (χ3v) is 4.57. The van der Waals surface area contributed by atoms with E-state index in [-0.39, 0.29) is 35.4 Å². The Morgan fingerprint density at radius 2 is 1.50 bits per heavy atom. The molecule has 0 radical (unpaired) electrons. The summed E-state index contributed by atoms with van der Waals surface area (Å²) < 4.78 is 66.8. The van der Waals surface area contributed by atoms with Crippen LogP contribution in [-0.2, 0) is 13.1 Å². The minimum absolute atomic E-state index is 0.126. The number of halogens is 5. The Kier molecular flexibility index (Phi) is 5.85. The molecule has 164 valence electrons. The molecule has 0 unspecified atom stereocenters. The van der Waals surface area contributed by atoms with Gasteiger partial charge < -0.3 is 9.88 Å². The normalized spacial score (nSPS) is 11.5. The van der Waals surface area contributed by atoms with Crippen LogP contribution in [-0.4, -0.2) is 25.7 Å². The van der Waals surface area contributed by atoms with Gasteiger partial charge in [0.05, 0.1) is 23.4 Å². The highest BCUT2D eigenvalue weighted by atomic mass is 19.4. The molecular formula is C22H16F5N5.